The monoisotopic (exact) mass is 247 g/mol. The second kappa shape index (κ2) is 5.18. The van der Waals surface area contributed by atoms with Crippen molar-refractivity contribution in [3.8, 4) is 0 Å². The Bertz CT molecular complexity index is 469. The van der Waals surface area contributed by atoms with E-state index >= 15 is 0 Å². The first-order chi connectivity index (χ1) is 8.58. The molecule has 96 valence electrons. The minimum absolute atomic E-state index is 0.0249. The van der Waals surface area contributed by atoms with Crippen molar-refractivity contribution in [3.63, 3.8) is 0 Å². The summed E-state index contributed by atoms with van der Waals surface area (Å²) in [4.78, 5) is 23.0. The van der Waals surface area contributed by atoms with Crippen molar-refractivity contribution in [1.82, 2.24) is 5.32 Å². The van der Waals surface area contributed by atoms with Gasteiger partial charge in [-0.1, -0.05) is 13.0 Å². The first kappa shape index (κ1) is 12.6. The van der Waals surface area contributed by atoms with Gasteiger partial charge in [0.05, 0.1) is 0 Å². The average Bonchev–Trinajstić information content (AvgIpc) is 2.26. The molecular formula is C13H17N3O2. The van der Waals surface area contributed by atoms with Gasteiger partial charge in [-0.2, -0.15) is 0 Å². The van der Waals surface area contributed by atoms with Crippen molar-refractivity contribution in [3.05, 3.63) is 29.8 Å². The summed E-state index contributed by atoms with van der Waals surface area (Å²) in [6.07, 6.45) is 0. The number of nitrogens with two attached hydrogens (primary N) is 1. The lowest BCUT2D eigenvalue weighted by molar-refractivity contribution is -0.121. The number of nitrogens with one attached hydrogen (secondary N) is 2. The summed E-state index contributed by atoms with van der Waals surface area (Å²) in [6, 6.07) is 6.66. The molecule has 0 aromatic heterocycles. The van der Waals surface area contributed by atoms with Gasteiger partial charge in [0, 0.05) is 17.2 Å². The lowest BCUT2D eigenvalue weighted by atomic mass is 9.88. The lowest BCUT2D eigenvalue weighted by Crippen LogP contribution is -2.48. The van der Waals surface area contributed by atoms with Crippen LogP contribution in [0.4, 0.5) is 5.69 Å². The number of carbonyl (C=O) groups is 2. The van der Waals surface area contributed by atoms with Gasteiger partial charge in [-0.25, -0.2) is 0 Å². The van der Waals surface area contributed by atoms with E-state index < -0.39 is 5.91 Å². The van der Waals surface area contributed by atoms with Gasteiger partial charge in [0.15, 0.2) is 0 Å². The summed E-state index contributed by atoms with van der Waals surface area (Å²) in [7, 11) is 0. The highest BCUT2D eigenvalue weighted by Crippen LogP contribution is 2.18. The molecule has 1 atom stereocenters. The van der Waals surface area contributed by atoms with Crippen molar-refractivity contribution >= 4 is 17.5 Å². The molecule has 1 saturated heterocycles. The van der Waals surface area contributed by atoms with Crippen molar-refractivity contribution in [1.29, 1.82) is 0 Å². The Labute approximate surface area is 106 Å². The highest BCUT2D eigenvalue weighted by Gasteiger charge is 2.28. The Hall–Kier alpha value is -1.88. The van der Waals surface area contributed by atoms with E-state index in [0.29, 0.717) is 17.2 Å². The molecule has 2 rings (SSSR count). The van der Waals surface area contributed by atoms with Gasteiger partial charge in [-0.15, -0.1) is 0 Å². The Balaban J connectivity index is 2.02. The van der Waals surface area contributed by atoms with E-state index in [0.717, 1.165) is 13.1 Å². The number of amides is 2. The number of hydrogen-bond acceptors (Lipinski definition) is 3. The second-order valence-corrected chi connectivity index (χ2v) is 4.64. The zero-order valence-electron chi connectivity index (χ0n) is 10.3. The molecule has 1 fully saturated rings. The molecule has 0 radical (unpaired) electrons. The lowest BCUT2D eigenvalue weighted by Gasteiger charge is -2.31. The fourth-order valence-corrected chi connectivity index (χ4v) is 1.88. The topological polar surface area (TPSA) is 84.2 Å². The van der Waals surface area contributed by atoms with Crippen molar-refractivity contribution in [2.24, 2.45) is 17.6 Å². The van der Waals surface area contributed by atoms with E-state index in [4.69, 9.17) is 5.73 Å². The van der Waals surface area contributed by atoms with Crippen LogP contribution in [0, 0.1) is 11.8 Å². The Morgan fingerprint density at radius 1 is 1.44 bits per heavy atom. The van der Waals surface area contributed by atoms with Crippen molar-refractivity contribution < 1.29 is 9.59 Å². The van der Waals surface area contributed by atoms with Crippen LogP contribution >= 0.6 is 0 Å². The number of primary amides is 1. The van der Waals surface area contributed by atoms with E-state index in [1.807, 2.05) is 6.92 Å². The zero-order valence-corrected chi connectivity index (χ0v) is 10.3. The summed E-state index contributed by atoms with van der Waals surface area (Å²) in [5.41, 5.74) is 6.19. The fourth-order valence-electron chi connectivity index (χ4n) is 1.88. The van der Waals surface area contributed by atoms with Gasteiger partial charge < -0.3 is 16.4 Å². The standard InChI is InChI=1S/C13H17N3O2/c1-8(10-6-15-7-10)13(18)16-11-4-2-3-9(5-11)12(14)17/h2-5,8,10,15H,6-7H2,1H3,(H2,14,17)(H,16,18). The number of anilines is 1. The molecule has 0 saturated carbocycles. The van der Waals surface area contributed by atoms with Gasteiger partial charge in [-0.3, -0.25) is 9.59 Å². The highest BCUT2D eigenvalue weighted by atomic mass is 16.2. The third-order valence-electron chi connectivity index (χ3n) is 3.35. The third kappa shape index (κ3) is 2.68. The molecule has 1 aromatic rings. The molecule has 18 heavy (non-hydrogen) atoms. The zero-order chi connectivity index (χ0) is 13.1. The SMILES string of the molecule is CC(C(=O)Nc1cccc(C(N)=O)c1)C1CNC1. The van der Waals surface area contributed by atoms with Gasteiger partial charge in [0.1, 0.15) is 0 Å². The van der Waals surface area contributed by atoms with Crippen LogP contribution in [0.5, 0.6) is 0 Å². The normalized spacial score (nSPS) is 16.7. The fraction of sp³-hybridized carbons (Fsp3) is 0.385. The molecule has 0 spiro atoms. The summed E-state index contributed by atoms with van der Waals surface area (Å²) in [5.74, 6) is -0.168. The smallest absolute Gasteiger partial charge is 0.248 e. The minimum Gasteiger partial charge on any atom is -0.366 e. The Kier molecular flexibility index (Phi) is 3.62. The van der Waals surface area contributed by atoms with Crippen LogP contribution in [-0.2, 0) is 4.79 Å². The van der Waals surface area contributed by atoms with Crippen LogP contribution < -0.4 is 16.4 Å². The molecule has 0 aliphatic carbocycles. The maximum Gasteiger partial charge on any atom is 0.248 e. The van der Waals surface area contributed by atoms with Gasteiger partial charge in [0.2, 0.25) is 11.8 Å². The van der Waals surface area contributed by atoms with Crippen LogP contribution in [0.25, 0.3) is 0 Å². The minimum atomic E-state index is -0.498. The Morgan fingerprint density at radius 3 is 2.72 bits per heavy atom. The Morgan fingerprint density at radius 2 is 2.17 bits per heavy atom. The van der Waals surface area contributed by atoms with Gasteiger partial charge in [0.25, 0.3) is 0 Å². The number of benzene rings is 1. The molecule has 1 aromatic carbocycles. The first-order valence-corrected chi connectivity index (χ1v) is 5.99. The third-order valence-corrected chi connectivity index (χ3v) is 3.35. The van der Waals surface area contributed by atoms with E-state index in [-0.39, 0.29) is 11.8 Å². The van der Waals surface area contributed by atoms with E-state index in [2.05, 4.69) is 10.6 Å². The van der Waals surface area contributed by atoms with Crippen LogP contribution in [0.15, 0.2) is 24.3 Å². The van der Waals surface area contributed by atoms with Crippen molar-refractivity contribution in [2.45, 2.75) is 6.92 Å². The van der Waals surface area contributed by atoms with E-state index in [9.17, 15) is 9.59 Å². The maximum absolute atomic E-state index is 12.0. The summed E-state index contributed by atoms with van der Waals surface area (Å²) >= 11 is 0. The van der Waals surface area contributed by atoms with E-state index in [1.54, 1.807) is 24.3 Å². The quantitative estimate of drug-likeness (QED) is 0.727. The molecular weight excluding hydrogens is 230 g/mol. The van der Waals surface area contributed by atoms with Crippen LogP contribution in [0.2, 0.25) is 0 Å². The average molecular weight is 247 g/mol. The van der Waals surface area contributed by atoms with Crippen LogP contribution in [-0.4, -0.2) is 24.9 Å². The van der Waals surface area contributed by atoms with Crippen LogP contribution in [0.1, 0.15) is 17.3 Å². The van der Waals surface area contributed by atoms with Gasteiger partial charge in [-0.05, 0) is 37.2 Å². The molecule has 1 aliphatic rings. The first-order valence-electron chi connectivity index (χ1n) is 5.99. The van der Waals surface area contributed by atoms with Crippen molar-refractivity contribution in [2.75, 3.05) is 18.4 Å². The molecule has 4 N–H and O–H groups in total. The molecule has 5 heteroatoms. The number of carbonyl (C=O) groups excluding carboxylic acids is 2. The molecule has 1 heterocycles. The molecule has 0 bridgehead atoms. The summed E-state index contributed by atoms with van der Waals surface area (Å²) in [6.45, 7) is 3.69. The molecule has 2 amide bonds. The molecule has 5 nitrogen and oxygen atoms in total. The predicted molar refractivity (Wildman–Crippen MR) is 69.1 cm³/mol. The second-order valence-electron chi connectivity index (χ2n) is 4.64. The van der Waals surface area contributed by atoms with E-state index in [1.165, 1.54) is 0 Å². The number of hydrogen-bond donors (Lipinski definition) is 3. The number of rotatable bonds is 4. The summed E-state index contributed by atoms with van der Waals surface area (Å²) < 4.78 is 0. The summed E-state index contributed by atoms with van der Waals surface area (Å²) in [5, 5.41) is 5.96. The highest BCUT2D eigenvalue weighted by molar-refractivity contribution is 5.96. The maximum atomic E-state index is 12.0. The largest absolute Gasteiger partial charge is 0.366 e. The van der Waals surface area contributed by atoms with Crippen LogP contribution in [0.3, 0.4) is 0 Å². The predicted octanol–water partition coefficient (Wildman–Crippen LogP) is 0.579. The van der Waals surface area contributed by atoms with Gasteiger partial charge >= 0.3 is 0 Å². The molecule has 1 aliphatic heterocycles. The molecule has 1 unspecified atom stereocenters.